The van der Waals surface area contributed by atoms with Crippen molar-refractivity contribution in [1.29, 1.82) is 0 Å². The minimum atomic E-state index is -4.72. The number of hydrogen-bond donors (Lipinski definition) is 2. The summed E-state index contributed by atoms with van der Waals surface area (Å²) in [4.78, 5) is 47.4. The van der Waals surface area contributed by atoms with Crippen LogP contribution in [0.25, 0.3) is 22.1 Å². The van der Waals surface area contributed by atoms with Gasteiger partial charge in [0.1, 0.15) is 29.0 Å². The highest BCUT2D eigenvalue weighted by molar-refractivity contribution is 6.31. The second-order valence-corrected chi connectivity index (χ2v) is 17.0. The van der Waals surface area contributed by atoms with Crippen molar-refractivity contribution in [3.05, 3.63) is 166 Å². The van der Waals surface area contributed by atoms with Crippen LogP contribution in [0.15, 0.2) is 122 Å². The number of anilines is 4. The van der Waals surface area contributed by atoms with E-state index in [-0.39, 0.29) is 44.8 Å². The van der Waals surface area contributed by atoms with Gasteiger partial charge in [0.25, 0.3) is 11.8 Å². The summed E-state index contributed by atoms with van der Waals surface area (Å²) in [6.07, 6.45) is -1.33. The number of hydrogen-bond acceptors (Lipinski definition) is 12. The maximum absolute atomic E-state index is 14.5. The van der Waals surface area contributed by atoms with E-state index >= 15 is 0 Å². The topological polar surface area (TPSA) is 153 Å². The number of morpholine rings is 2. The van der Waals surface area contributed by atoms with Crippen molar-refractivity contribution in [3.8, 4) is 23.0 Å². The van der Waals surface area contributed by atoms with Crippen LogP contribution < -0.4 is 29.9 Å². The molecule has 2 saturated heterocycles. The lowest BCUT2D eigenvalue weighted by atomic mass is 10.1. The van der Waals surface area contributed by atoms with Gasteiger partial charge in [0.2, 0.25) is 0 Å². The van der Waals surface area contributed by atoms with E-state index in [4.69, 9.17) is 42.1 Å². The van der Waals surface area contributed by atoms with E-state index in [1.54, 1.807) is 48.8 Å². The number of amides is 2. The van der Waals surface area contributed by atoms with E-state index in [9.17, 15) is 35.9 Å². The van der Waals surface area contributed by atoms with Gasteiger partial charge >= 0.3 is 6.18 Å². The van der Waals surface area contributed by atoms with Gasteiger partial charge in [-0.2, -0.15) is 13.2 Å². The summed E-state index contributed by atoms with van der Waals surface area (Å²) in [5, 5.41) is 4.44. The molecule has 2 N–H and O–H groups in total. The van der Waals surface area contributed by atoms with Gasteiger partial charge in [-0.15, -0.1) is 0 Å². The molecule has 22 heteroatoms. The van der Waals surface area contributed by atoms with Crippen LogP contribution in [0.5, 0.6) is 23.0 Å². The Morgan fingerprint density at radius 1 is 0.534 bits per heavy atom. The molecule has 4 heterocycles. The highest BCUT2D eigenvalue weighted by atomic mass is 35.5. The van der Waals surface area contributed by atoms with Crippen LogP contribution in [0.2, 0.25) is 10.0 Å². The minimum Gasteiger partial charge on any atom is -0.454 e. The van der Waals surface area contributed by atoms with Crippen molar-refractivity contribution in [3.63, 3.8) is 0 Å². The molecular formula is C51H38Cl2F6N8O6. The first-order valence-electron chi connectivity index (χ1n) is 22.2. The Kier molecular flexibility index (Phi) is 15.1. The molecule has 73 heavy (non-hydrogen) atoms. The van der Waals surface area contributed by atoms with Crippen LogP contribution in [-0.4, -0.2) is 84.4 Å². The Labute approximate surface area is 421 Å². The van der Waals surface area contributed by atoms with Crippen molar-refractivity contribution in [2.24, 2.45) is 0 Å². The zero-order chi connectivity index (χ0) is 51.2. The normalized spacial score (nSPS) is 13.8. The van der Waals surface area contributed by atoms with Crippen LogP contribution in [0.4, 0.5) is 49.4 Å². The van der Waals surface area contributed by atoms with Crippen LogP contribution >= 0.6 is 23.2 Å². The van der Waals surface area contributed by atoms with Gasteiger partial charge in [-0.3, -0.25) is 19.6 Å². The molecule has 0 saturated carbocycles. The summed E-state index contributed by atoms with van der Waals surface area (Å²) in [6.45, 7) is 5.27. The number of rotatable bonds is 10. The molecule has 0 atom stereocenters. The van der Waals surface area contributed by atoms with Gasteiger partial charge in [-0.1, -0.05) is 23.2 Å². The van der Waals surface area contributed by atoms with Crippen molar-refractivity contribution < 1.29 is 54.9 Å². The molecule has 6 aromatic carbocycles. The summed E-state index contributed by atoms with van der Waals surface area (Å²) in [5.41, 5.74) is 1.50. The fraction of sp³-hybridized carbons (Fsp3) is 0.176. The van der Waals surface area contributed by atoms with E-state index in [1.807, 2.05) is 4.90 Å². The van der Waals surface area contributed by atoms with Crippen molar-refractivity contribution in [2.75, 3.05) is 73.0 Å². The lowest BCUT2D eigenvalue weighted by Crippen LogP contribution is -2.36. The number of benzene rings is 6. The number of carbonyl (C=O) groups excluding carboxylic acids is 2. The quantitative estimate of drug-likeness (QED) is 0.125. The Balaban J connectivity index is 0.000000180. The molecule has 8 aromatic rings. The molecular weight excluding hydrogens is 1010 g/mol. The lowest BCUT2D eigenvalue weighted by Gasteiger charge is -2.27. The first-order valence-corrected chi connectivity index (χ1v) is 23.0. The molecule has 0 bridgehead atoms. The summed E-state index contributed by atoms with van der Waals surface area (Å²) in [5.74, 6) is -1.69. The third-order valence-corrected chi connectivity index (χ3v) is 11.9. The second-order valence-electron chi connectivity index (χ2n) is 16.2. The Bertz CT molecular complexity index is 3360. The fourth-order valence-electron chi connectivity index (χ4n) is 7.48. The molecule has 0 aliphatic carbocycles. The predicted molar refractivity (Wildman–Crippen MR) is 262 cm³/mol. The van der Waals surface area contributed by atoms with Crippen LogP contribution in [0.3, 0.4) is 0 Å². The summed E-state index contributed by atoms with van der Waals surface area (Å²) < 4.78 is 104. The lowest BCUT2D eigenvalue weighted by molar-refractivity contribution is -0.137. The van der Waals surface area contributed by atoms with E-state index in [0.29, 0.717) is 79.2 Å². The molecule has 2 aromatic heterocycles. The number of fused-ring (bicyclic) bond motifs is 2. The number of ether oxygens (including phenoxy) is 4. The molecule has 2 amide bonds. The smallest absolute Gasteiger partial charge is 0.417 e. The average molecular weight is 1040 g/mol. The highest BCUT2D eigenvalue weighted by Gasteiger charge is 2.34. The van der Waals surface area contributed by atoms with Gasteiger partial charge < -0.3 is 39.4 Å². The molecule has 10 rings (SSSR count). The Morgan fingerprint density at radius 2 is 0.986 bits per heavy atom. The van der Waals surface area contributed by atoms with E-state index in [1.165, 1.54) is 42.5 Å². The molecule has 0 unspecified atom stereocenters. The number of aromatic nitrogens is 4. The third-order valence-electron chi connectivity index (χ3n) is 11.2. The molecule has 0 radical (unpaired) electrons. The maximum atomic E-state index is 14.5. The first kappa shape index (κ1) is 50.2. The summed E-state index contributed by atoms with van der Waals surface area (Å²) >= 11 is 11.3. The monoisotopic (exact) mass is 1040 g/mol. The number of carbonyl (C=O) groups is 2. The largest absolute Gasteiger partial charge is 0.454 e. The van der Waals surface area contributed by atoms with Gasteiger partial charge in [0.15, 0.2) is 23.1 Å². The standard InChI is InChI=1S/C26H19ClF4N4O3.C25H19ClF2N4O3/c27-19-4-1-15(11-18(19)26(29,30)31)25(36)33-16-2-5-20(28)23(12-16)38-17-3-6-21-22(13-17)34-24(14-32-21)35-7-9-37-10-8-35;26-18-4-1-15(11-20(18)28)25(33)30-16-2-5-19(27)23(12-16)35-17-3-6-21-22(13-17)31-24(14-29-21)32-7-9-34-10-8-32/h1-6,11-14H,7-10H2,(H,33,36);1-6,11-14H,7-10H2,(H,30,33). The van der Waals surface area contributed by atoms with E-state index in [2.05, 4.69) is 35.5 Å². The SMILES string of the molecule is O=C(Nc1ccc(F)c(Oc2ccc3ncc(N4CCOCC4)nc3c2)c1)c1ccc(Cl)c(C(F)(F)F)c1.O=C(Nc1ccc(F)c(Oc2ccc3ncc(N4CCOCC4)nc3c2)c1)c1ccc(Cl)c(F)c1. The zero-order valence-corrected chi connectivity index (χ0v) is 39.4. The summed E-state index contributed by atoms with van der Waals surface area (Å²) in [7, 11) is 0. The second kappa shape index (κ2) is 21.9. The number of halogens is 8. The predicted octanol–water partition coefficient (Wildman–Crippen LogP) is 11.8. The van der Waals surface area contributed by atoms with Gasteiger partial charge in [0.05, 0.1) is 76.5 Å². The van der Waals surface area contributed by atoms with Crippen molar-refractivity contribution >= 4 is 80.1 Å². The molecule has 0 spiro atoms. The van der Waals surface area contributed by atoms with Crippen LogP contribution in [0, 0.1) is 17.5 Å². The van der Waals surface area contributed by atoms with Crippen molar-refractivity contribution in [1.82, 2.24) is 19.9 Å². The molecule has 2 fully saturated rings. The van der Waals surface area contributed by atoms with Crippen LogP contribution in [-0.2, 0) is 15.7 Å². The van der Waals surface area contributed by atoms with Crippen LogP contribution in [0.1, 0.15) is 26.3 Å². The third kappa shape index (κ3) is 12.3. The Morgan fingerprint density at radius 3 is 1.44 bits per heavy atom. The average Bonchev–Trinajstić information content (AvgIpc) is 3.39. The molecule has 2 aliphatic rings. The molecule has 2 aliphatic heterocycles. The highest BCUT2D eigenvalue weighted by Crippen LogP contribution is 2.36. The maximum Gasteiger partial charge on any atom is 0.417 e. The van der Waals surface area contributed by atoms with Crippen molar-refractivity contribution in [2.45, 2.75) is 6.18 Å². The summed E-state index contributed by atoms with van der Waals surface area (Å²) in [6, 6.07) is 24.0. The van der Waals surface area contributed by atoms with Gasteiger partial charge in [-0.25, -0.2) is 23.1 Å². The first-order chi connectivity index (χ1) is 35.1. The number of nitrogens with one attached hydrogen (secondary N) is 2. The Hall–Kier alpha value is -7.78. The molecule has 374 valence electrons. The van der Waals surface area contributed by atoms with Gasteiger partial charge in [0, 0.05) is 72.9 Å². The number of nitrogens with zero attached hydrogens (tertiary/aromatic N) is 6. The van der Waals surface area contributed by atoms with E-state index < -0.39 is 46.0 Å². The molecule has 14 nitrogen and oxygen atoms in total. The zero-order valence-electron chi connectivity index (χ0n) is 37.9. The minimum absolute atomic E-state index is 0.0721. The van der Waals surface area contributed by atoms with E-state index in [0.717, 1.165) is 43.2 Å². The fourth-order valence-corrected chi connectivity index (χ4v) is 7.82. The number of alkyl halides is 3. The van der Waals surface area contributed by atoms with Gasteiger partial charge in [-0.05, 0) is 84.9 Å².